The van der Waals surface area contributed by atoms with E-state index in [4.69, 9.17) is 22.1 Å². The monoisotopic (exact) mass is 307 g/mol. The van der Waals surface area contributed by atoms with Gasteiger partial charge in [-0.15, -0.1) is 0 Å². The number of hydrogen-bond acceptors (Lipinski definition) is 4. The Balaban J connectivity index is 2.20. The normalized spacial score (nSPS) is 10.4. The fraction of sp³-hybridized carbons (Fsp3) is 0.214. The summed E-state index contributed by atoms with van der Waals surface area (Å²) in [6.45, 7) is 3.24. The van der Waals surface area contributed by atoms with Gasteiger partial charge in [0.05, 0.1) is 27.7 Å². The molecule has 2 N–H and O–H groups in total. The lowest BCUT2D eigenvalue weighted by Gasteiger charge is -2.06. The fourth-order valence-electron chi connectivity index (χ4n) is 1.83. The number of aromatic nitrogens is 2. The SMILES string of the molecule is Cc1nn(-c2ccc(C(=O)OCC(N)=O)cc2)c(C)c1Cl. The molecule has 0 bridgehead atoms. The van der Waals surface area contributed by atoms with Gasteiger partial charge in [0.25, 0.3) is 5.91 Å². The molecule has 21 heavy (non-hydrogen) atoms. The molecule has 0 aliphatic rings. The number of carbonyl (C=O) groups excluding carboxylic acids is 2. The van der Waals surface area contributed by atoms with Crippen LogP contribution in [0.25, 0.3) is 5.69 Å². The van der Waals surface area contributed by atoms with Crippen molar-refractivity contribution in [2.45, 2.75) is 13.8 Å². The molecule has 0 fully saturated rings. The van der Waals surface area contributed by atoms with E-state index in [2.05, 4.69) is 5.10 Å². The van der Waals surface area contributed by atoms with Crippen LogP contribution in [0.1, 0.15) is 21.7 Å². The van der Waals surface area contributed by atoms with Gasteiger partial charge in [-0.3, -0.25) is 4.79 Å². The highest BCUT2D eigenvalue weighted by molar-refractivity contribution is 6.31. The molecule has 7 heteroatoms. The number of aryl methyl sites for hydroxylation is 1. The number of nitrogens with zero attached hydrogens (tertiary/aromatic N) is 2. The summed E-state index contributed by atoms with van der Waals surface area (Å²) in [6, 6.07) is 6.61. The third-order valence-corrected chi connectivity index (χ3v) is 3.44. The molecule has 0 saturated heterocycles. The Morgan fingerprint density at radius 2 is 1.90 bits per heavy atom. The first kappa shape index (κ1) is 15.1. The van der Waals surface area contributed by atoms with E-state index in [-0.39, 0.29) is 0 Å². The van der Waals surface area contributed by atoms with E-state index in [1.54, 1.807) is 28.9 Å². The van der Waals surface area contributed by atoms with Gasteiger partial charge in [-0.25, -0.2) is 9.48 Å². The summed E-state index contributed by atoms with van der Waals surface area (Å²) in [4.78, 5) is 22.2. The van der Waals surface area contributed by atoms with E-state index >= 15 is 0 Å². The maximum Gasteiger partial charge on any atom is 0.338 e. The van der Waals surface area contributed by atoms with Crippen molar-refractivity contribution in [3.63, 3.8) is 0 Å². The van der Waals surface area contributed by atoms with Gasteiger partial charge in [-0.1, -0.05) is 11.6 Å². The van der Waals surface area contributed by atoms with Crippen LogP contribution in [0, 0.1) is 13.8 Å². The molecule has 0 atom stereocenters. The van der Waals surface area contributed by atoms with Crippen molar-refractivity contribution in [3.8, 4) is 5.69 Å². The molecule has 2 aromatic rings. The summed E-state index contributed by atoms with van der Waals surface area (Å²) in [6.07, 6.45) is 0. The maximum absolute atomic E-state index is 11.6. The number of esters is 1. The summed E-state index contributed by atoms with van der Waals surface area (Å²) in [7, 11) is 0. The highest BCUT2D eigenvalue weighted by Crippen LogP contribution is 2.22. The zero-order chi connectivity index (χ0) is 15.6. The van der Waals surface area contributed by atoms with Crippen LogP contribution in [0.4, 0.5) is 0 Å². The molecule has 1 aromatic carbocycles. The van der Waals surface area contributed by atoms with Gasteiger partial charge in [0.15, 0.2) is 6.61 Å². The van der Waals surface area contributed by atoms with Crippen molar-refractivity contribution < 1.29 is 14.3 Å². The number of hydrogen-bond donors (Lipinski definition) is 1. The Hall–Kier alpha value is -2.34. The molecule has 0 unspecified atom stereocenters. The van der Waals surface area contributed by atoms with E-state index < -0.39 is 18.5 Å². The molecule has 1 aromatic heterocycles. The largest absolute Gasteiger partial charge is 0.452 e. The summed E-state index contributed by atoms with van der Waals surface area (Å²) in [5, 5.41) is 4.93. The Labute approximate surface area is 126 Å². The van der Waals surface area contributed by atoms with E-state index in [0.29, 0.717) is 10.6 Å². The minimum absolute atomic E-state index is 0.327. The van der Waals surface area contributed by atoms with Gasteiger partial charge >= 0.3 is 5.97 Å². The van der Waals surface area contributed by atoms with Gasteiger partial charge in [-0.05, 0) is 38.1 Å². The average Bonchev–Trinajstić information content (AvgIpc) is 2.72. The number of carbonyl (C=O) groups is 2. The molecule has 6 nitrogen and oxygen atoms in total. The van der Waals surface area contributed by atoms with E-state index in [0.717, 1.165) is 17.1 Å². The van der Waals surface area contributed by atoms with E-state index in [9.17, 15) is 9.59 Å². The van der Waals surface area contributed by atoms with Gasteiger partial charge in [0.1, 0.15) is 0 Å². The number of rotatable bonds is 4. The summed E-state index contributed by atoms with van der Waals surface area (Å²) >= 11 is 6.10. The molecule has 0 radical (unpaired) electrons. The Kier molecular flexibility index (Phi) is 4.28. The van der Waals surface area contributed by atoms with Crippen LogP contribution in [0.3, 0.4) is 0 Å². The van der Waals surface area contributed by atoms with Crippen molar-refractivity contribution in [2.75, 3.05) is 6.61 Å². The van der Waals surface area contributed by atoms with Crippen molar-refractivity contribution in [3.05, 3.63) is 46.2 Å². The second-order valence-electron chi connectivity index (χ2n) is 4.49. The molecule has 1 amide bonds. The van der Waals surface area contributed by atoms with Gasteiger partial charge in [-0.2, -0.15) is 5.10 Å². The van der Waals surface area contributed by atoms with E-state index in [1.165, 1.54) is 0 Å². The van der Waals surface area contributed by atoms with Crippen molar-refractivity contribution in [1.82, 2.24) is 9.78 Å². The van der Waals surface area contributed by atoms with Gasteiger partial charge < -0.3 is 10.5 Å². The topological polar surface area (TPSA) is 87.2 Å². The smallest absolute Gasteiger partial charge is 0.338 e. The van der Waals surface area contributed by atoms with Crippen molar-refractivity contribution >= 4 is 23.5 Å². The number of amides is 1. The number of benzene rings is 1. The fourth-order valence-corrected chi connectivity index (χ4v) is 1.95. The van der Waals surface area contributed by atoms with Crippen LogP contribution in [0.5, 0.6) is 0 Å². The standard InChI is InChI=1S/C14H14ClN3O3/c1-8-13(15)9(2)18(17-8)11-5-3-10(4-6-11)14(20)21-7-12(16)19/h3-6H,7H2,1-2H3,(H2,16,19). The van der Waals surface area contributed by atoms with Crippen LogP contribution in [-0.4, -0.2) is 28.3 Å². The lowest BCUT2D eigenvalue weighted by atomic mass is 10.2. The molecule has 0 aliphatic heterocycles. The third-order valence-electron chi connectivity index (χ3n) is 2.90. The number of halogens is 1. The van der Waals surface area contributed by atoms with Crippen molar-refractivity contribution in [1.29, 1.82) is 0 Å². The minimum Gasteiger partial charge on any atom is -0.452 e. The van der Waals surface area contributed by atoms with E-state index in [1.807, 2.05) is 13.8 Å². The molecule has 0 spiro atoms. The Bertz CT molecular complexity index is 692. The first-order valence-corrected chi connectivity index (χ1v) is 6.55. The quantitative estimate of drug-likeness (QED) is 0.872. The molecule has 0 aliphatic carbocycles. The summed E-state index contributed by atoms with van der Waals surface area (Å²) < 4.78 is 6.42. The number of primary amides is 1. The number of ether oxygens (including phenoxy) is 1. The third kappa shape index (κ3) is 3.22. The van der Waals surface area contributed by atoms with Gasteiger partial charge in [0, 0.05) is 0 Å². The van der Waals surface area contributed by atoms with Crippen LogP contribution < -0.4 is 5.73 Å². The highest BCUT2D eigenvalue weighted by Gasteiger charge is 2.12. The molecule has 1 heterocycles. The van der Waals surface area contributed by atoms with Gasteiger partial charge in [0.2, 0.25) is 0 Å². The second kappa shape index (κ2) is 5.97. The van der Waals surface area contributed by atoms with Crippen LogP contribution in [0.2, 0.25) is 5.02 Å². The Morgan fingerprint density at radius 3 is 2.38 bits per heavy atom. The first-order chi connectivity index (χ1) is 9.90. The molecular weight excluding hydrogens is 294 g/mol. The minimum atomic E-state index is -0.697. The number of nitrogens with two attached hydrogens (primary N) is 1. The second-order valence-corrected chi connectivity index (χ2v) is 4.86. The average molecular weight is 308 g/mol. The molecule has 0 saturated carbocycles. The molecule has 110 valence electrons. The summed E-state index contributed by atoms with van der Waals surface area (Å²) in [5.41, 5.74) is 7.56. The van der Waals surface area contributed by atoms with Crippen molar-refractivity contribution in [2.24, 2.45) is 5.73 Å². The highest BCUT2D eigenvalue weighted by atomic mass is 35.5. The summed E-state index contributed by atoms with van der Waals surface area (Å²) in [5.74, 6) is -1.30. The molecular formula is C14H14ClN3O3. The zero-order valence-corrected chi connectivity index (χ0v) is 12.3. The van der Waals surface area contributed by atoms with Crippen LogP contribution in [0.15, 0.2) is 24.3 Å². The predicted octanol–water partition coefficient (Wildman–Crippen LogP) is 1.78. The van der Waals surface area contributed by atoms with Crippen LogP contribution in [-0.2, 0) is 9.53 Å². The lowest BCUT2D eigenvalue weighted by molar-refractivity contribution is -0.121. The van der Waals surface area contributed by atoms with Crippen LogP contribution >= 0.6 is 11.6 Å². The maximum atomic E-state index is 11.6. The first-order valence-electron chi connectivity index (χ1n) is 6.17. The molecule has 2 rings (SSSR count). The lowest BCUT2D eigenvalue weighted by Crippen LogP contribution is -2.20. The Morgan fingerprint density at radius 1 is 1.29 bits per heavy atom. The zero-order valence-electron chi connectivity index (χ0n) is 11.6. The predicted molar refractivity (Wildman–Crippen MR) is 77.5 cm³/mol.